The number of hydrogen-bond acceptors (Lipinski definition) is 3. The highest BCUT2D eigenvalue weighted by Gasteiger charge is 2.29. The molecular weight excluding hydrogens is 392 g/mol. The van der Waals surface area contributed by atoms with Crippen LogP contribution in [0.4, 0.5) is 8.78 Å². The second kappa shape index (κ2) is 8.15. The quantitative estimate of drug-likeness (QED) is 0.740. The highest BCUT2D eigenvalue weighted by molar-refractivity contribution is 7.91. The molecule has 2 aliphatic rings. The molecule has 1 fully saturated rings. The van der Waals surface area contributed by atoms with Crippen molar-refractivity contribution in [3.05, 3.63) is 70.3 Å². The third-order valence-corrected chi connectivity index (χ3v) is 8.01. The van der Waals surface area contributed by atoms with Gasteiger partial charge in [-0.3, -0.25) is 0 Å². The fraction of sp³-hybridized carbons (Fsp3) is 0.478. The van der Waals surface area contributed by atoms with Crippen molar-refractivity contribution in [2.24, 2.45) is 11.7 Å². The first-order valence-corrected chi connectivity index (χ1v) is 12.1. The second-order valence-corrected chi connectivity index (χ2v) is 10.8. The van der Waals surface area contributed by atoms with E-state index < -0.39 is 21.5 Å². The number of benzene rings is 2. The molecule has 6 heteroatoms. The van der Waals surface area contributed by atoms with Gasteiger partial charge in [0.2, 0.25) is 0 Å². The van der Waals surface area contributed by atoms with Gasteiger partial charge >= 0.3 is 0 Å². The lowest BCUT2D eigenvalue weighted by atomic mass is 9.76. The van der Waals surface area contributed by atoms with Crippen molar-refractivity contribution in [1.82, 2.24) is 0 Å². The summed E-state index contributed by atoms with van der Waals surface area (Å²) in [7, 11) is -3.02. The van der Waals surface area contributed by atoms with E-state index in [1.54, 1.807) is 6.07 Å². The van der Waals surface area contributed by atoms with Gasteiger partial charge in [-0.1, -0.05) is 24.3 Å². The molecule has 2 atom stereocenters. The van der Waals surface area contributed by atoms with Crippen LogP contribution in [0.1, 0.15) is 47.4 Å². The summed E-state index contributed by atoms with van der Waals surface area (Å²) in [6, 6.07) is 10.1. The molecule has 0 aromatic heterocycles. The summed E-state index contributed by atoms with van der Waals surface area (Å²) in [5, 5.41) is 0. The van der Waals surface area contributed by atoms with Crippen LogP contribution >= 0.6 is 0 Å². The molecule has 0 saturated heterocycles. The Hall–Kier alpha value is -1.79. The summed E-state index contributed by atoms with van der Waals surface area (Å²) >= 11 is 0. The number of hydrogen-bond donors (Lipinski definition) is 1. The van der Waals surface area contributed by atoms with Crippen molar-refractivity contribution >= 4 is 9.84 Å². The van der Waals surface area contributed by atoms with E-state index in [1.807, 2.05) is 6.07 Å². The van der Waals surface area contributed by atoms with Gasteiger partial charge in [-0.25, -0.2) is 17.2 Å². The number of halogens is 2. The summed E-state index contributed by atoms with van der Waals surface area (Å²) in [5.74, 6) is -0.851. The van der Waals surface area contributed by atoms with Crippen LogP contribution in [0.15, 0.2) is 36.4 Å². The Morgan fingerprint density at radius 1 is 0.966 bits per heavy atom. The van der Waals surface area contributed by atoms with Crippen molar-refractivity contribution < 1.29 is 17.2 Å². The molecule has 2 N–H and O–H groups in total. The lowest BCUT2D eigenvalue weighted by Crippen LogP contribution is -2.34. The van der Waals surface area contributed by atoms with Gasteiger partial charge in [0.05, 0.1) is 11.5 Å². The van der Waals surface area contributed by atoms with E-state index >= 15 is 0 Å². The number of fused-ring (bicyclic) bond motifs is 1. The molecule has 3 nitrogen and oxygen atoms in total. The smallest absolute Gasteiger partial charge is 0.159 e. The standard InChI is InChI=1S/C23H27F2NO2S/c24-21-7-4-17(13-22(21)25)12-20-19-11-15(3-5-18(19)6-8-23(20)26)9-10-29(27,28)14-16-1-2-16/h3-5,7,11,13,16,20,23H,1-2,6,8-10,12,14,26H2. The van der Waals surface area contributed by atoms with Gasteiger partial charge in [-0.05, 0) is 78.8 Å². The number of nitrogens with two attached hydrogens (primary N) is 1. The summed E-state index contributed by atoms with van der Waals surface area (Å²) < 4.78 is 51.4. The highest BCUT2D eigenvalue weighted by Crippen LogP contribution is 2.35. The molecule has 0 bridgehead atoms. The maximum atomic E-state index is 13.6. The van der Waals surface area contributed by atoms with Crippen LogP contribution in [0.25, 0.3) is 0 Å². The van der Waals surface area contributed by atoms with Crippen molar-refractivity contribution in [3.63, 3.8) is 0 Å². The van der Waals surface area contributed by atoms with Crippen LogP contribution in [0, 0.1) is 17.6 Å². The zero-order valence-corrected chi connectivity index (χ0v) is 17.2. The van der Waals surface area contributed by atoms with Gasteiger partial charge in [-0.2, -0.15) is 0 Å². The summed E-state index contributed by atoms with van der Waals surface area (Å²) in [6.45, 7) is 0. The van der Waals surface area contributed by atoms with E-state index in [0.717, 1.165) is 48.4 Å². The van der Waals surface area contributed by atoms with Crippen molar-refractivity contribution in [3.8, 4) is 0 Å². The molecule has 2 aromatic rings. The summed E-state index contributed by atoms with van der Waals surface area (Å²) in [4.78, 5) is 0. The lowest BCUT2D eigenvalue weighted by Gasteiger charge is -2.32. The van der Waals surface area contributed by atoms with Gasteiger partial charge in [-0.15, -0.1) is 0 Å². The predicted molar refractivity (Wildman–Crippen MR) is 111 cm³/mol. The van der Waals surface area contributed by atoms with E-state index in [-0.39, 0.29) is 17.7 Å². The van der Waals surface area contributed by atoms with E-state index in [9.17, 15) is 17.2 Å². The number of sulfone groups is 1. The van der Waals surface area contributed by atoms with Gasteiger partial charge in [0.1, 0.15) is 0 Å². The minimum atomic E-state index is -3.02. The maximum absolute atomic E-state index is 13.6. The SMILES string of the molecule is NC1CCc2ccc(CCS(=O)(=O)CC3CC3)cc2C1Cc1ccc(F)c(F)c1. The molecule has 0 amide bonds. The minimum Gasteiger partial charge on any atom is -0.327 e. The second-order valence-electron chi connectivity index (χ2n) is 8.60. The molecule has 0 spiro atoms. The molecule has 2 aliphatic carbocycles. The Kier molecular flexibility index (Phi) is 5.76. The number of rotatable bonds is 7. The van der Waals surface area contributed by atoms with Gasteiger partial charge in [0.15, 0.2) is 21.5 Å². The Balaban J connectivity index is 1.53. The van der Waals surface area contributed by atoms with Gasteiger partial charge in [0.25, 0.3) is 0 Å². The Morgan fingerprint density at radius 3 is 2.45 bits per heavy atom. The lowest BCUT2D eigenvalue weighted by molar-refractivity contribution is 0.463. The number of aryl methyl sites for hydroxylation is 2. The zero-order chi connectivity index (χ0) is 20.6. The van der Waals surface area contributed by atoms with Crippen LogP contribution < -0.4 is 5.73 Å². The predicted octanol–water partition coefficient (Wildman–Crippen LogP) is 3.93. The maximum Gasteiger partial charge on any atom is 0.159 e. The molecule has 4 rings (SSSR count). The monoisotopic (exact) mass is 419 g/mol. The Labute approximate surface area is 171 Å². The minimum absolute atomic E-state index is 0.00614. The molecule has 29 heavy (non-hydrogen) atoms. The van der Waals surface area contributed by atoms with E-state index in [1.165, 1.54) is 11.6 Å². The fourth-order valence-corrected chi connectivity index (χ4v) is 6.07. The van der Waals surface area contributed by atoms with Crippen molar-refractivity contribution in [2.45, 2.75) is 50.5 Å². The third-order valence-electron chi connectivity index (χ3n) is 6.20. The molecule has 1 saturated carbocycles. The average molecular weight is 420 g/mol. The molecule has 156 valence electrons. The van der Waals surface area contributed by atoms with Crippen LogP contribution in [-0.4, -0.2) is 26.0 Å². The van der Waals surface area contributed by atoms with Crippen molar-refractivity contribution in [2.75, 3.05) is 11.5 Å². The van der Waals surface area contributed by atoms with E-state index in [0.29, 0.717) is 24.5 Å². The molecule has 0 heterocycles. The average Bonchev–Trinajstić information content (AvgIpc) is 3.48. The molecule has 2 aromatic carbocycles. The van der Waals surface area contributed by atoms with E-state index in [2.05, 4.69) is 12.1 Å². The molecule has 0 radical (unpaired) electrons. The Morgan fingerprint density at radius 2 is 1.72 bits per heavy atom. The summed E-state index contributed by atoms with van der Waals surface area (Å²) in [6.07, 6.45) is 4.81. The van der Waals surface area contributed by atoms with Crippen LogP contribution in [0.2, 0.25) is 0 Å². The van der Waals surface area contributed by atoms with Crippen LogP contribution in [0.5, 0.6) is 0 Å². The molecule has 2 unspecified atom stereocenters. The largest absolute Gasteiger partial charge is 0.327 e. The van der Waals surface area contributed by atoms with Crippen LogP contribution in [-0.2, 0) is 29.1 Å². The van der Waals surface area contributed by atoms with Gasteiger partial charge in [0, 0.05) is 12.0 Å². The highest BCUT2D eigenvalue weighted by atomic mass is 32.2. The van der Waals surface area contributed by atoms with Crippen LogP contribution in [0.3, 0.4) is 0 Å². The first-order chi connectivity index (χ1) is 13.8. The zero-order valence-electron chi connectivity index (χ0n) is 16.4. The Bertz CT molecular complexity index is 1000. The summed E-state index contributed by atoms with van der Waals surface area (Å²) in [5.41, 5.74) is 10.4. The topological polar surface area (TPSA) is 60.2 Å². The van der Waals surface area contributed by atoms with Gasteiger partial charge < -0.3 is 5.73 Å². The third kappa shape index (κ3) is 5.04. The fourth-order valence-electron chi connectivity index (χ4n) is 4.31. The first-order valence-electron chi connectivity index (χ1n) is 10.3. The van der Waals surface area contributed by atoms with Crippen molar-refractivity contribution in [1.29, 1.82) is 0 Å². The molecular formula is C23H27F2NO2S. The van der Waals surface area contributed by atoms with E-state index in [4.69, 9.17) is 5.73 Å². The molecule has 0 aliphatic heterocycles. The normalized spacial score (nSPS) is 21.8. The first kappa shape index (κ1) is 20.5.